The molecule has 0 spiro atoms. The van der Waals surface area contributed by atoms with E-state index in [1.807, 2.05) is 13.0 Å². The quantitative estimate of drug-likeness (QED) is 0.857. The normalized spacial score (nSPS) is 15.5. The molecule has 1 aliphatic heterocycles. The molecule has 0 saturated carbocycles. The van der Waals surface area contributed by atoms with Crippen LogP contribution < -0.4 is 0 Å². The van der Waals surface area contributed by atoms with Crippen molar-refractivity contribution in [3.05, 3.63) is 28.8 Å². The van der Waals surface area contributed by atoms with Gasteiger partial charge in [-0.2, -0.15) is 0 Å². The first-order valence-electron chi connectivity index (χ1n) is 7.31. The fraction of sp³-hybridized carbons (Fsp3) is 0.562. The molecule has 1 saturated heterocycles. The van der Waals surface area contributed by atoms with Crippen LogP contribution in [-0.4, -0.2) is 40.6 Å². The van der Waals surface area contributed by atoms with Crippen molar-refractivity contribution in [2.75, 3.05) is 26.3 Å². The Labute approximate surface area is 136 Å². The Balaban J connectivity index is 2.05. The predicted molar refractivity (Wildman–Crippen MR) is 93.2 cm³/mol. The van der Waals surface area contributed by atoms with E-state index < -0.39 is 0 Å². The van der Waals surface area contributed by atoms with Gasteiger partial charge in [0.05, 0.1) is 13.2 Å². The summed E-state index contributed by atoms with van der Waals surface area (Å²) in [5, 5.41) is 9.90. The molecule has 3 nitrogen and oxygen atoms in total. The van der Waals surface area contributed by atoms with Gasteiger partial charge in [-0.1, -0.05) is 43.9 Å². The zero-order valence-electron chi connectivity index (χ0n) is 12.9. The second-order valence-corrected chi connectivity index (χ2v) is 7.26. The number of nitrogens with zero attached hydrogens (tertiary/aromatic N) is 1. The summed E-state index contributed by atoms with van der Waals surface area (Å²) in [5.41, 5.74) is 3.39. The highest BCUT2D eigenvalue weighted by atomic mass is 32.2. The average molecular weight is 325 g/mol. The first kappa shape index (κ1) is 16.6. The van der Waals surface area contributed by atoms with E-state index in [0.29, 0.717) is 11.7 Å². The highest BCUT2D eigenvalue weighted by Gasteiger charge is 2.16. The maximum absolute atomic E-state index is 9.90. The van der Waals surface area contributed by atoms with Gasteiger partial charge in [0.1, 0.15) is 10.1 Å². The third kappa shape index (κ3) is 4.34. The van der Waals surface area contributed by atoms with Gasteiger partial charge >= 0.3 is 0 Å². The summed E-state index contributed by atoms with van der Waals surface area (Å²) in [6.07, 6.45) is 0. The number of rotatable bonds is 3. The Kier molecular flexibility index (Phi) is 5.90. The molecule has 116 valence electrons. The lowest BCUT2D eigenvalue weighted by Crippen LogP contribution is -2.38. The first-order chi connectivity index (χ1) is 9.99. The third-order valence-corrected chi connectivity index (χ3v) is 5.27. The lowest BCUT2D eigenvalue weighted by Gasteiger charge is -2.28. The Hall–Kier alpha value is -0.780. The van der Waals surface area contributed by atoms with Crippen LogP contribution in [0.15, 0.2) is 12.1 Å². The molecule has 1 fully saturated rings. The van der Waals surface area contributed by atoms with Gasteiger partial charge in [0.15, 0.2) is 0 Å². The Morgan fingerprint density at radius 1 is 1.38 bits per heavy atom. The number of thiocarbonyl (C=S) groups is 1. The molecule has 1 aromatic rings. The summed E-state index contributed by atoms with van der Waals surface area (Å²) in [7, 11) is 0. The van der Waals surface area contributed by atoms with Crippen LogP contribution in [0.1, 0.15) is 36.5 Å². The third-order valence-electron chi connectivity index (χ3n) is 3.70. The number of aryl methyl sites for hydroxylation is 1. The molecule has 1 N–H and O–H groups in total. The molecule has 1 aliphatic rings. The SMILES string of the molecule is Cc1cc(CSC(=S)N2CCOCC2)c(C(C)C)cc1O. The van der Waals surface area contributed by atoms with Crippen LogP contribution in [-0.2, 0) is 10.5 Å². The molecule has 21 heavy (non-hydrogen) atoms. The standard InChI is InChI=1S/C16H23NO2S2/c1-11(2)14-9-15(18)12(3)8-13(14)10-21-16(20)17-4-6-19-7-5-17/h8-9,11,18H,4-7,10H2,1-3H3. The van der Waals surface area contributed by atoms with Gasteiger partial charge in [-0.05, 0) is 35.6 Å². The van der Waals surface area contributed by atoms with E-state index in [9.17, 15) is 5.11 Å². The van der Waals surface area contributed by atoms with Crippen molar-refractivity contribution in [2.45, 2.75) is 32.4 Å². The van der Waals surface area contributed by atoms with E-state index in [1.165, 1.54) is 11.1 Å². The Bertz CT molecular complexity index is 511. The number of thioether (sulfide) groups is 1. The maximum Gasteiger partial charge on any atom is 0.136 e. The van der Waals surface area contributed by atoms with E-state index in [2.05, 4.69) is 24.8 Å². The van der Waals surface area contributed by atoms with Gasteiger partial charge in [0.2, 0.25) is 0 Å². The van der Waals surface area contributed by atoms with Crippen LogP contribution in [0.25, 0.3) is 0 Å². The molecule has 1 aromatic carbocycles. The lowest BCUT2D eigenvalue weighted by molar-refractivity contribution is 0.0702. The molecule has 0 unspecified atom stereocenters. The highest BCUT2D eigenvalue weighted by Crippen LogP contribution is 2.30. The van der Waals surface area contributed by atoms with Crippen molar-refractivity contribution in [1.82, 2.24) is 4.90 Å². The van der Waals surface area contributed by atoms with Gasteiger partial charge in [-0.15, -0.1) is 0 Å². The number of phenols is 1. The van der Waals surface area contributed by atoms with E-state index in [1.54, 1.807) is 11.8 Å². The maximum atomic E-state index is 9.90. The molecule has 5 heteroatoms. The zero-order valence-corrected chi connectivity index (χ0v) is 14.5. The van der Waals surface area contributed by atoms with E-state index in [0.717, 1.165) is 41.9 Å². The number of benzene rings is 1. The van der Waals surface area contributed by atoms with Crippen molar-refractivity contribution < 1.29 is 9.84 Å². The molecule has 0 aromatic heterocycles. The van der Waals surface area contributed by atoms with Crippen molar-refractivity contribution in [2.24, 2.45) is 0 Å². The monoisotopic (exact) mass is 325 g/mol. The van der Waals surface area contributed by atoms with E-state index >= 15 is 0 Å². The summed E-state index contributed by atoms with van der Waals surface area (Å²) in [6.45, 7) is 9.53. The minimum Gasteiger partial charge on any atom is -0.508 e. The molecule has 1 heterocycles. The van der Waals surface area contributed by atoms with Crippen molar-refractivity contribution in [3.63, 3.8) is 0 Å². The van der Waals surface area contributed by atoms with Gasteiger partial charge in [-0.3, -0.25) is 0 Å². The van der Waals surface area contributed by atoms with Crippen LogP contribution >= 0.6 is 24.0 Å². The smallest absolute Gasteiger partial charge is 0.136 e. The fourth-order valence-electron chi connectivity index (χ4n) is 2.41. The topological polar surface area (TPSA) is 32.7 Å². The van der Waals surface area contributed by atoms with Crippen LogP contribution in [0, 0.1) is 6.92 Å². The minimum atomic E-state index is 0.378. The molecule has 0 amide bonds. The van der Waals surface area contributed by atoms with Gasteiger partial charge in [0.25, 0.3) is 0 Å². The van der Waals surface area contributed by atoms with Gasteiger partial charge in [0, 0.05) is 18.8 Å². The number of hydrogen-bond donors (Lipinski definition) is 1. The van der Waals surface area contributed by atoms with Crippen LogP contribution in [0.2, 0.25) is 0 Å². The number of ether oxygens (including phenoxy) is 1. The predicted octanol–water partition coefficient (Wildman–Crippen LogP) is 3.67. The highest BCUT2D eigenvalue weighted by molar-refractivity contribution is 8.22. The molecule has 0 bridgehead atoms. The number of phenolic OH excluding ortho intramolecular Hbond substituents is 1. The molecule has 0 atom stereocenters. The zero-order chi connectivity index (χ0) is 15.4. The molecule has 0 radical (unpaired) electrons. The second-order valence-electron chi connectivity index (χ2n) is 5.65. The molecule has 0 aliphatic carbocycles. The summed E-state index contributed by atoms with van der Waals surface area (Å²) in [5.74, 6) is 1.62. The Morgan fingerprint density at radius 3 is 2.67 bits per heavy atom. The second kappa shape index (κ2) is 7.47. The molecule has 2 rings (SSSR count). The van der Waals surface area contributed by atoms with Gasteiger partial charge in [-0.25, -0.2) is 0 Å². The number of morpholine rings is 1. The summed E-state index contributed by atoms with van der Waals surface area (Å²) < 4.78 is 6.30. The average Bonchev–Trinajstić information content (AvgIpc) is 2.48. The van der Waals surface area contributed by atoms with Gasteiger partial charge < -0.3 is 14.7 Å². The van der Waals surface area contributed by atoms with E-state index in [-0.39, 0.29) is 0 Å². The Morgan fingerprint density at radius 2 is 2.05 bits per heavy atom. The summed E-state index contributed by atoms with van der Waals surface area (Å²) in [6, 6.07) is 3.98. The number of aromatic hydroxyl groups is 1. The lowest BCUT2D eigenvalue weighted by atomic mass is 9.96. The number of hydrogen-bond acceptors (Lipinski definition) is 4. The summed E-state index contributed by atoms with van der Waals surface area (Å²) >= 11 is 7.23. The van der Waals surface area contributed by atoms with Crippen molar-refractivity contribution in [1.29, 1.82) is 0 Å². The summed E-state index contributed by atoms with van der Waals surface area (Å²) in [4.78, 5) is 2.21. The van der Waals surface area contributed by atoms with Crippen molar-refractivity contribution in [3.8, 4) is 5.75 Å². The first-order valence-corrected chi connectivity index (χ1v) is 8.70. The van der Waals surface area contributed by atoms with E-state index in [4.69, 9.17) is 17.0 Å². The minimum absolute atomic E-state index is 0.378. The molecular formula is C16H23NO2S2. The van der Waals surface area contributed by atoms with Crippen LogP contribution in [0.5, 0.6) is 5.75 Å². The fourth-order valence-corrected chi connectivity index (χ4v) is 3.67. The van der Waals surface area contributed by atoms with Crippen molar-refractivity contribution >= 4 is 28.3 Å². The van der Waals surface area contributed by atoms with Crippen LogP contribution in [0.3, 0.4) is 0 Å². The molecular weight excluding hydrogens is 302 g/mol. The largest absolute Gasteiger partial charge is 0.508 e. The van der Waals surface area contributed by atoms with Crippen LogP contribution in [0.4, 0.5) is 0 Å².